The van der Waals surface area contributed by atoms with Crippen LogP contribution in [-0.2, 0) is 0 Å². The summed E-state index contributed by atoms with van der Waals surface area (Å²) in [5.41, 5.74) is 2.41. The number of para-hydroxylation sites is 1. The third-order valence-corrected chi connectivity index (χ3v) is 3.31. The fourth-order valence-corrected chi connectivity index (χ4v) is 2.21. The van der Waals surface area contributed by atoms with Crippen LogP contribution < -0.4 is 5.32 Å². The Hall–Kier alpha value is -1.61. The van der Waals surface area contributed by atoms with Gasteiger partial charge in [-0.25, -0.2) is 4.68 Å². The first-order valence-electron chi connectivity index (χ1n) is 7.01. The Bertz CT molecular complexity index is 488. The van der Waals surface area contributed by atoms with E-state index in [1.807, 2.05) is 29.1 Å². The molecule has 1 unspecified atom stereocenters. The lowest BCUT2D eigenvalue weighted by atomic mass is 10.0. The minimum atomic E-state index is 0.494. The van der Waals surface area contributed by atoms with Crippen LogP contribution in [0.1, 0.15) is 38.8 Å². The molecule has 0 bridgehead atoms. The highest BCUT2D eigenvalue weighted by atomic mass is 15.3. The lowest BCUT2D eigenvalue weighted by molar-refractivity contribution is 0.530. The summed E-state index contributed by atoms with van der Waals surface area (Å²) in [7, 11) is 0. The molecule has 0 amide bonds. The summed E-state index contributed by atoms with van der Waals surface area (Å²) in [5.74, 6) is 0.494. The topological polar surface area (TPSA) is 29.9 Å². The van der Waals surface area contributed by atoms with Crippen LogP contribution >= 0.6 is 0 Å². The van der Waals surface area contributed by atoms with Gasteiger partial charge >= 0.3 is 0 Å². The van der Waals surface area contributed by atoms with Gasteiger partial charge in [-0.3, -0.25) is 0 Å². The summed E-state index contributed by atoms with van der Waals surface area (Å²) < 4.78 is 2.04. The quantitative estimate of drug-likeness (QED) is 0.860. The summed E-state index contributed by atoms with van der Waals surface area (Å²) in [6.45, 7) is 7.66. The van der Waals surface area contributed by atoms with E-state index in [0.29, 0.717) is 12.0 Å². The molecule has 0 radical (unpaired) electrons. The minimum absolute atomic E-state index is 0.494. The molecule has 1 heterocycles. The monoisotopic (exact) mass is 257 g/mol. The average molecular weight is 257 g/mol. The van der Waals surface area contributed by atoms with Crippen molar-refractivity contribution >= 4 is 0 Å². The van der Waals surface area contributed by atoms with Gasteiger partial charge < -0.3 is 5.32 Å². The lowest BCUT2D eigenvalue weighted by Crippen LogP contribution is -2.24. The molecule has 0 saturated heterocycles. The van der Waals surface area contributed by atoms with Crippen molar-refractivity contribution in [1.29, 1.82) is 0 Å². The van der Waals surface area contributed by atoms with Gasteiger partial charge in [-0.15, -0.1) is 0 Å². The van der Waals surface area contributed by atoms with Gasteiger partial charge in [0, 0.05) is 17.9 Å². The number of benzene rings is 1. The van der Waals surface area contributed by atoms with Gasteiger partial charge in [-0.2, -0.15) is 5.10 Å². The highest BCUT2D eigenvalue weighted by Crippen LogP contribution is 2.21. The molecule has 0 aliphatic rings. The van der Waals surface area contributed by atoms with E-state index in [1.165, 1.54) is 5.69 Å². The Morgan fingerprint density at radius 3 is 2.53 bits per heavy atom. The molecule has 1 atom stereocenters. The SMILES string of the molecule is CC(C)NCCC(C)c1ccnn1-c1ccccc1. The Kier molecular flexibility index (Phi) is 4.74. The number of nitrogens with zero attached hydrogens (tertiary/aromatic N) is 2. The van der Waals surface area contributed by atoms with Gasteiger partial charge in [0.25, 0.3) is 0 Å². The van der Waals surface area contributed by atoms with Crippen molar-refractivity contribution < 1.29 is 0 Å². The maximum absolute atomic E-state index is 4.45. The van der Waals surface area contributed by atoms with Crippen LogP contribution in [0.15, 0.2) is 42.6 Å². The first-order chi connectivity index (χ1) is 9.18. The molecular formula is C16H23N3. The Morgan fingerprint density at radius 1 is 1.11 bits per heavy atom. The molecular weight excluding hydrogens is 234 g/mol. The maximum atomic E-state index is 4.45. The molecule has 3 heteroatoms. The van der Waals surface area contributed by atoms with Gasteiger partial charge in [0.1, 0.15) is 0 Å². The molecule has 3 nitrogen and oxygen atoms in total. The Balaban J connectivity index is 2.07. The van der Waals surface area contributed by atoms with Crippen molar-refractivity contribution in [2.45, 2.75) is 39.2 Å². The van der Waals surface area contributed by atoms with E-state index in [4.69, 9.17) is 0 Å². The van der Waals surface area contributed by atoms with E-state index in [2.05, 4.69) is 49.4 Å². The van der Waals surface area contributed by atoms with E-state index in [9.17, 15) is 0 Å². The van der Waals surface area contributed by atoms with Gasteiger partial charge in [0.15, 0.2) is 0 Å². The molecule has 2 rings (SSSR count). The van der Waals surface area contributed by atoms with Gasteiger partial charge in [-0.05, 0) is 37.1 Å². The van der Waals surface area contributed by atoms with Gasteiger partial charge in [0.2, 0.25) is 0 Å². The van der Waals surface area contributed by atoms with Crippen molar-refractivity contribution in [2.75, 3.05) is 6.54 Å². The van der Waals surface area contributed by atoms with Crippen molar-refractivity contribution in [3.8, 4) is 5.69 Å². The zero-order chi connectivity index (χ0) is 13.7. The summed E-state index contributed by atoms with van der Waals surface area (Å²) in [5, 5.41) is 7.91. The Morgan fingerprint density at radius 2 is 1.84 bits per heavy atom. The molecule has 0 aliphatic carbocycles. The number of rotatable bonds is 6. The number of hydrogen-bond acceptors (Lipinski definition) is 2. The summed E-state index contributed by atoms with van der Waals surface area (Å²) in [4.78, 5) is 0. The summed E-state index contributed by atoms with van der Waals surface area (Å²) >= 11 is 0. The third kappa shape index (κ3) is 3.67. The van der Waals surface area contributed by atoms with E-state index < -0.39 is 0 Å². The van der Waals surface area contributed by atoms with E-state index in [0.717, 1.165) is 18.7 Å². The molecule has 1 aromatic heterocycles. The van der Waals surface area contributed by atoms with E-state index >= 15 is 0 Å². The molecule has 1 aromatic carbocycles. The highest BCUT2D eigenvalue weighted by Gasteiger charge is 2.12. The van der Waals surface area contributed by atoms with Crippen molar-refractivity contribution in [3.05, 3.63) is 48.3 Å². The second kappa shape index (κ2) is 6.53. The fourth-order valence-electron chi connectivity index (χ4n) is 2.21. The first kappa shape index (κ1) is 13.8. The second-order valence-electron chi connectivity index (χ2n) is 5.30. The molecule has 1 N–H and O–H groups in total. The molecule has 0 fully saturated rings. The van der Waals surface area contributed by atoms with Gasteiger partial charge in [0.05, 0.1) is 5.69 Å². The van der Waals surface area contributed by atoms with Gasteiger partial charge in [-0.1, -0.05) is 39.0 Å². The Labute approximate surface area is 115 Å². The maximum Gasteiger partial charge on any atom is 0.0648 e. The molecule has 102 valence electrons. The molecule has 0 aliphatic heterocycles. The molecule has 2 aromatic rings. The second-order valence-corrected chi connectivity index (χ2v) is 5.30. The summed E-state index contributed by atoms with van der Waals surface area (Å²) in [6, 6.07) is 13.0. The lowest BCUT2D eigenvalue weighted by Gasteiger charge is -2.15. The van der Waals surface area contributed by atoms with Crippen LogP contribution in [0.4, 0.5) is 0 Å². The van der Waals surface area contributed by atoms with Crippen LogP contribution in [0.2, 0.25) is 0 Å². The van der Waals surface area contributed by atoms with Crippen molar-refractivity contribution in [2.24, 2.45) is 0 Å². The summed E-state index contributed by atoms with van der Waals surface area (Å²) in [6.07, 6.45) is 3.01. The number of hydrogen-bond donors (Lipinski definition) is 1. The number of aromatic nitrogens is 2. The minimum Gasteiger partial charge on any atom is -0.315 e. The predicted octanol–water partition coefficient (Wildman–Crippen LogP) is 3.36. The fraction of sp³-hybridized carbons (Fsp3) is 0.438. The van der Waals surface area contributed by atoms with Crippen LogP contribution in [0.5, 0.6) is 0 Å². The first-order valence-corrected chi connectivity index (χ1v) is 7.01. The molecule has 0 saturated carbocycles. The zero-order valence-corrected chi connectivity index (χ0v) is 12.0. The zero-order valence-electron chi connectivity index (χ0n) is 12.0. The molecule has 0 spiro atoms. The van der Waals surface area contributed by atoms with Crippen LogP contribution in [0.25, 0.3) is 5.69 Å². The van der Waals surface area contributed by atoms with Crippen molar-refractivity contribution in [3.63, 3.8) is 0 Å². The predicted molar refractivity (Wildman–Crippen MR) is 79.7 cm³/mol. The third-order valence-electron chi connectivity index (χ3n) is 3.31. The van der Waals surface area contributed by atoms with E-state index in [-0.39, 0.29) is 0 Å². The normalized spacial score (nSPS) is 12.8. The average Bonchev–Trinajstić information content (AvgIpc) is 2.88. The van der Waals surface area contributed by atoms with Crippen LogP contribution in [0.3, 0.4) is 0 Å². The largest absolute Gasteiger partial charge is 0.315 e. The van der Waals surface area contributed by atoms with Crippen molar-refractivity contribution in [1.82, 2.24) is 15.1 Å². The number of nitrogens with one attached hydrogen (secondary N) is 1. The molecule has 19 heavy (non-hydrogen) atoms. The van der Waals surface area contributed by atoms with E-state index in [1.54, 1.807) is 0 Å². The smallest absolute Gasteiger partial charge is 0.0648 e. The van der Waals surface area contributed by atoms with Crippen LogP contribution in [0, 0.1) is 0 Å². The van der Waals surface area contributed by atoms with Crippen LogP contribution in [-0.4, -0.2) is 22.4 Å². The highest BCUT2D eigenvalue weighted by molar-refractivity contribution is 5.33. The standard InChI is InChI=1S/C16H23N3/c1-13(2)17-11-9-14(3)16-10-12-18-19(16)15-7-5-4-6-8-15/h4-8,10,12-14,17H,9,11H2,1-3H3.